The second-order valence-corrected chi connectivity index (χ2v) is 17.4. The lowest BCUT2D eigenvalue weighted by molar-refractivity contribution is -0.193. The van der Waals surface area contributed by atoms with Crippen LogP contribution in [0.5, 0.6) is 0 Å². The first-order valence-corrected chi connectivity index (χ1v) is 17.0. The highest BCUT2D eigenvalue weighted by Crippen LogP contribution is 2.72. The van der Waals surface area contributed by atoms with Crippen molar-refractivity contribution in [3.8, 4) is 0 Å². The van der Waals surface area contributed by atoms with Crippen molar-refractivity contribution in [1.82, 2.24) is 0 Å². The van der Waals surface area contributed by atoms with Gasteiger partial charge in [0.15, 0.2) is 0 Å². The Bertz CT molecular complexity index is 1180. The monoisotopic (exact) mass is 636 g/mol. The fourth-order valence-corrected chi connectivity index (χ4v) is 10.7. The van der Waals surface area contributed by atoms with E-state index in [9.17, 15) is 35.1 Å². The molecule has 0 radical (unpaired) electrons. The van der Waals surface area contributed by atoms with Crippen LogP contribution in [0.4, 0.5) is 0 Å². The highest BCUT2D eigenvalue weighted by molar-refractivity contribution is 5.74. The standard InChI is InChI=1S/C36H60O9/c1-20(10-13-26(37)32(4,5)43)21-14-15-35(8)22-11-12-25-31(2,3)30(42)24(45-29(41)19-33(6,44)18-28(39)40)17-34(25,7)23(22)16-27(38)36(21,35)9/h20-21,24-27,30,37-38,42-44H,10-19H2,1-9H3,(H,39,40)/t20-,21-,24-,25?,26-,27+,30+,33?,34-,35+,36+/m1/s1. The Kier molecular flexibility index (Phi) is 9.58. The average Bonchev–Trinajstić information content (AvgIpc) is 3.17. The summed E-state index contributed by atoms with van der Waals surface area (Å²) in [7, 11) is 0. The summed E-state index contributed by atoms with van der Waals surface area (Å²) in [5.41, 5.74) is -1.91. The summed E-state index contributed by atoms with van der Waals surface area (Å²) in [5.74, 6) is -1.34. The van der Waals surface area contributed by atoms with E-state index >= 15 is 0 Å². The van der Waals surface area contributed by atoms with Crippen molar-refractivity contribution in [3.05, 3.63) is 11.1 Å². The van der Waals surface area contributed by atoms with Crippen LogP contribution in [0.3, 0.4) is 0 Å². The predicted octanol–water partition coefficient (Wildman–Crippen LogP) is 4.75. The van der Waals surface area contributed by atoms with Gasteiger partial charge in [-0.1, -0.05) is 52.7 Å². The van der Waals surface area contributed by atoms with Crippen LogP contribution in [0.1, 0.15) is 127 Å². The summed E-state index contributed by atoms with van der Waals surface area (Å²) >= 11 is 0. The molecule has 0 amide bonds. The van der Waals surface area contributed by atoms with Crippen molar-refractivity contribution in [2.24, 2.45) is 39.4 Å². The molecule has 2 saturated carbocycles. The van der Waals surface area contributed by atoms with Gasteiger partial charge in [-0.3, -0.25) is 9.59 Å². The number of fused-ring (bicyclic) bond motifs is 4. The van der Waals surface area contributed by atoms with E-state index in [0.29, 0.717) is 19.3 Å². The normalized spacial score (nSPS) is 40.4. The van der Waals surface area contributed by atoms with Gasteiger partial charge in [0.25, 0.3) is 0 Å². The van der Waals surface area contributed by atoms with Crippen LogP contribution >= 0.6 is 0 Å². The Morgan fingerprint density at radius 2 is 1.60 bits per heavy atom. The molecular weight excluding hydrogens is 576 g/mol. The van der Waals surface area contributed by atoms with Crippen LogP contribution in [0.2, 0.25) is 0 Å². The molecule has 0 aromatic rings. The van der Waals surface area contributed by atoms with Gasteiger partial charge in [-0.25, -0.2) is 0 Å². The molecule has 0 heterocycles. The van der Waals surface area contributed by atoms with Crippen molar-refractivity contribution in [2.75, 3.05) is 0 Å². The van der Waals surface area contributed by atoms with E-state index in [1.165, 1.54) is 18.1 Å². The van der Waals surface area contributed by atoms with Crippen LogP contribution < -0.4 is 0 Å². The number of hydrogen-bond acceptors (Lipinski definition) is 8. The maximum Gasteiger partial charge on any atom is 0.309 e. The van der Waals surface area contributed by atoms with Gasteiger partial charge < -0.3 is 35.4 Å². The molecule has 0 aromatic carbocycles. The van der Waals surface area contributed by atoms with Crippen molar-refractivity contribution in [2.45, 2.75) is 162 Å². The number of allylic oxidation sites excluding steroid dienone is 1. The lowest BCUT2D eigenvalue weighted by atomic mass is 9.42. The summed E-state index contributed by atoms with van der Waals surface area (Å²) < 4.78 is 5.86. The summed E-state index contributed by atoms with van der Waals surface area (Å²) in [4.78, 5) is 24.2. The van der Waals surface area contributed by atoms with Gasteiger partial charge >= 0.3 is 11.9 Å². The number of carbonyl (C=O) groups excluding carboxylic acids is 1. The Labute approximate surface area is 269 Å². The first-order valence-electron chi connectivity index (χ1n) is 17.0. The Morgan fingerprint density at radius 1 is 0.978 bits per heavy atom. The SMILES string of the molecule is C[C@H](CC[C@@H](O)C(C)(C)O)[C@H]1CC[C@@]2(C)C3=C(C[C@H](O)[C@]12C)[C@@]1(C)C[C@@H](OC(=O)CC(C)(O)CC(=O)O)[C@H](O)C(C)(C)C1CC3. The van der Waals surface area contributed by atoms with Crippen LogP contribution in [0.15, 0.2) is 11.1 Å². The molecule has 258 valence electrons. The number of rotatable bonds is 10. The molecule has 4 aliphatic carbocycles. The smallest absolute Gasteiger partial charge is 0.309 e. The van der Waals surface area contributed by atoms with Gasteiger partial charge in [0.05, 0.1) is 42.4 Å². The molecule has 9 heteroatoms. The zero-order valence-corrected chi connectivity index (χ0v) is 29.0. The van der Waals surface area contributed by atoms with Gasteiger partial charge in [-0.2, -0.15) is 0 Å². The lowest BCUT2D eigenvalue weighted by Crippen LogP contribution is -2.62. The second-order valence-electron chi connectivity index (χ2n) is 17.4. The highest BCUT2D eigenvalue weighted by Gasteiger charge is 2.67. The first kappa shape index (κ1) is 36.3. The maximum atomic E-state index is 13.0. The number of aliphatic carboxylic acids is 1. The molecule has 4 rings (SSSR count). The van der Waals surface area contributed by atoms with Gasteiger partial charge in [-0.05, 0) is 106 Å². The summed E-state index contributed by atoms with van der Waals surface area (Å²) in [6.45, 7) is 17.6. The van der Waals surface area contributed by atoms with Gasteiger partial charge in [0, 0.05) is 5.41 Å². The van der Waals surface area contributed by atoms with E-state index in [2.05, 4.69) is 27.7 Å². The Balaban J connectivity index is 1.64. The molecule has 6 N–H and O–H groups in total. The lowest BCUT2D eigenvalue weighted by Gasteiger charge is -2.64. The number of ether oxygens (including phenoxy) is 1. The van der Waals surface area contributed by atoms with Gasteiger partial charge in [0.1, 0.15) is 6.10 Å². The fraction of sp³-hybridized carbons (Fsp3) is 0.889. The molecule has 0 spiro atoms. The number of hydrogen-bond donors (Lipinski definition) is 6. The first-order chi connectivity index (χ1) is 20.4. The third-order valence-corrected chi connectivity index (χ3v) is 13.6. The zero-order chi connectivity index (χ0) is 34.1. The van der Waals surface area contributed by atoms with E-state index < -0.39 is 71.2 Å². The minimum absolute atomic E-state index is 0.100. The van der Waals surface area contributed by atoms with E-state index in [4.69, 9.17) is 9.84 Å². The topological polar surface area (TPSA) is 165 Å². The van der Waals surface area contributed by atoms with E-state index in [0.717, 1.165) is 32.1 Å². The molecule has 0 aromatic heterocycles. The third kappa shape index (κ3) is 6.14. The number of carboxylic acid groups (broad SMARTS) is 1. The number of aliphatic hydroxyl groups excluding tert-OH is 3. The maximum absolute atomic E-state index is 13.0. The second kappa shape index (κ2) is 11.9. The summed E-state index contributed by atoms with van der Waals surface area (Å²) in [6.07, 6.45) is 1.63. The molecule has 0 aliphatic heterocycles. The number of aliphatic hydroxyl groups is 5. The van der Waals surface area contributed by atoms with E-state index in [1.54, 1.807) is 13.8 Å². The minimum atomic E-state index is -1.76. The Morgan fingerprint density at radius 3 is 2.18 bits per heavy atom. The molecule has 45 heavy (non-hydrogen) atoms. The Hall–Kier alpha value is -1.52. The predicted molar refractivity (Wildman–Crippen MR) is 170 cm³/mol. The largest absolute Gasteiger partial charge is 0.481 e. The molecule has 0 bridgehead atoms. The minimum Gasteiger partial charge on any atom is -0.481 e. The van der Waals surface area contributed by atoms with Crippen molar-refractivity contribution in [3.63, 3.8) is 0 Å². The molecule has 2 fully saturated rings. The quantitative estimate of drug-likeness (QED) is 0.147. The van der Waals surface area contributed by atoms with E-state index in [1.807, 2.05) is 13.8 Å². The third-order valence-electron chi connectivity index (χ3n) is 13.6. The summed E-state index contributed by atoms with van der Waals surface area (Å²) in [6, 6.07) is 0. The van der Waals surface area contributed by atoms with Crippen LogP contribution in [-0.4, -0.2) is 78.2 Å². The highest BCUT2D eigenvalue weighted by atomic mass is 16.6. The molecule has 4 aliphatic rings. The van der Waals surface area contributed by atoms with Crippen LogP contribution in [0, 0.1) is 39.4 Å². The number of carboxylic acids is 1. The molecule has 2 unspecified atom stereocenters. The average molecular weight is 637 g/mol. The van der Waals surface area contributed by atoms with Crippen LogP contribution in [0.25, 0.3) is 0 Å². The van der Waals surface area contributed by atoms with Crippen LogP contribution in [-0.2, 0) is 14.3 Å². The number of esters is 1. The molecule has 9 nitrogen and oxygen atoms in total. The van der Waals surface area contributed by atoms with Gasteiger partial charge in [0.2, 0.25) is 0 Å². The van der Waals surface area contributed by atoms with E-state index in [-0.39, 0.29) is 28.6 Å². The van der Waals surface area contributed by atoms with Crippen molar-refractivity contribution in [1.29, 1.82) is 0 Å². The molecule has 0 saturated heterocycles. The fourth-order valence-electron chi connectivity index (χ4n) is 10.7. The van der Waals surface area contributed by atoms with Crippen molar-refractivity contribution < 1.29 is 45.0 Å². The zero-order valence-electron chi connectivity index (χ0n) is 29.0. The summed E-state index contributed by atoms with van der Waals surface area (Å²) in [5, 5.41) is 64.0. The molecule has 11 atom stereocenters. The molecular formula is C36H60O9. The van der Waals surface area contributed by atoms with Gasteiger partial charge in [-0.15, -0.1) is 0 Å². The van der Waals surface area contributed by atoms with Crippen molar-refractivity contribution >= 4 is 11.9 Å². The number of carbonyl (C=O) groups is 2.